The molecule has 1 unspecified atom stereocenters. The molecule has 4 nitrogen and oxygen atoms in total. The maximum Gasteiger partial charge on any atom is 0.244 e. The first-order valence-corrected chi connectivity index (χ1v) is 8.62. The first-order valence-electron chi connectivity index (χ1n) is 8.62. The van der Waals surface area contributed by atoms with Crippen LogP contribution in [0.15, 0.2) is 48.5 Å². The maximum atomic E-state index is 13.9. The van der Waals surface area contributed by atoms with Gasteiger partial charge in [-0.05, 0) is 32.0 Å². The van der Waals surface area contributed by atoms with Crippen LogP contribution in [-0.2, 0) is 11.3 Å². The summed E-state index contributed by atoms with van der Waals surface area (Å²) in [5.74, 6) is 0.555. The lowest BCUT2D eigenvalue weighted by Gasteiger charge is -2.39. The number of benzene rings is 2. The van der Waals surface area contributed by atoms with Crippen molar-refractivity contribution < 1.29 is 13.9 Å². The molecule has 3 rings (SSSR count). The second kappa shape index (κ2) is 7.66. The minimum Gasteiger partial charge on any atom is -0.494 e. The summed E-state index contributed by atoms with van der Waals surface area (Å²) in [5.41, 5.74) is 1.46. The van der Waals surface area contributed by atoms with Crippen LogP contribution in [0, 0.1) is 5.82 Å². The summed E-state index contributed by atoms with van der Waals surface area (Å²) in [4.78, 5) is 16.6. The molecule has 0 N–H and O–H groups in total. The molecule has 2 aromatic carbocycles. The predicted octanol–water partition coefficient (Wildman–Crippen LogP) is 3.46. The maximum absolute atomic E-state index is 13.9. The standard InChI is InChI=1S/C20H23FN2O2/c1-3-25-18-9-6-8-17(13-18)23-12-11-22(15(2)20(23)24)14-16-7-4-5-10-19(16)21/h4-10,13,15H,3,11-12,14H2,1-2H3. The molecule has 0 saturated carbocycles. The van der Waals surface area contributed by atoms with Crippen LogP contribution in [0.3, 0.4) is 0 Å². The van der Waals surface area contributed by atoms with Crippen molar-refractivity contribution in [2.45, 2.75) is 26.4 Å². The molecule has 0 bridgehead atoms. The number of anilines is 1. The third-order valence-electron chi connectivity index (χ3n) is 4.55. The lowest BCUT2D eigenvalue weighted by Crippen LogP contribution is -2.55. The van der Waals surface area contributed by atoms with Crippen LogP contribution in [0.5, 0.6) is 5.75 Å². The predicted molar refractivity (Wildman–Crippen MR) is 96.2 cm³/mol. The fourth-order valence-corrected chi connectivity index (χ4v) is 3.14. The molecule has 1 fully saturated rings. The number of nitrogens with zero attached hydrogens (tertiary/aromatic N) is 2. The second-order valence-corrected chi connectivity index (χ2v) is 6.16. The topological polar surface area (TPSA) is 32.8 Å². The lowest BCUT2D eigenvalue weighted by molar-refractivity contribution is -0.125. The molecule has 0 radical (unpaired) electrons. The quantitative estimate of drug-likeness (QED) is 0.834. The number of carbonyl (C=O) groups excluding carboxylic acids is 1. The minimum atomic E-state index is -0.302. The zero-order valence-corrected chi connectivity index (χ0v) is 14.6. The molecule has 1 heterocycles. The smallest absolute Gasteiger partial charge is 0.244 e. The van der Waals surface area contributed by atoms with Gasteiger partial charge in [-0.1, -0.05) is 24.3 Å². The lowest BCUT2D eigenvalue weighted by atomic mass is 10.1. The molecular weight excluding hydrogens is 319 g/mol. The van der Waals surface area contributed by atoms with Crippen LogP contribution in [0.25, 0.3) is 0 Å². The van der Waals surface area contributed by atoms with Gasteiger partial charge in [-0.3, -0.25) is 9.69 Å². The van der Waals surface area contributed by atoms with E-state index in [0.717, 1.165) is 11.4 Å². The van der Waals surface area contributed by atoms with E-state index in [1.54, 1.807) is 17.0 Å². The van der Waals surface area contributed by atoms with Gasteiger partial charge in [-0.25, -0.2) is 4.39 Å². The number of rotatable bonds is 5. The summed E-state index contributed by atoms with van der Waals surface area (Å²) in [6.07, 6.45) is 0. The summed E-state index contributed by atoms with van der Waals surface area (Å²) >= 11 is 0. The van der Waals surface area contributed by atoms with E-state index >= 15 is 0 Å². The number of amides is 1. The van der Waals surface area contributed by atoms with Crippen molar-refractivity contribution in [2.24, 2.45) is 0 Å². The molecule has 132 valence electrons. The molecular formula is C20H23FN2O2. The molecule has 0 aliphatic carbocycles. The SMILES string of the molecule is CCOc1cccc(N2CCN(Cc3ccccc3F)C(C)C2=O)c1. The Kier molecular flexibility index (Phi) is 5.34. The second-order valence-electron chi connectivity index (χ2n) is 6.16. The fourth-order valence-electron chi connectivity index (χ4n) is 3.14. The van der Waals surface area contributed by atoms with Gasteiger partial charge in [0.15, 0.2) is 0 Å². The normalized spacial score (nSPS) is 18.4. The van der Waals surface area contributed by atoms with E-state index in [-0.39, 0.29) is 17.8 Å². The average Bonchev–Trinajstić information content (AvgIpc) is 2.61. The number of ether oxygens (including phenoxy) is 1. The molecule has 1 atom stereocenters. The Hall–Kier alpha value is -2.40. The summed E-state index contributed by atoms with van der Waals surface area (Å²) in [6.45, 7) is 6.10. The molecule has 5 heteroatoms. The van der Waals surface area contributed by atoms with Gasteiger partial charge in [0.05, 0.1) is 12.6 Å². The van der Waals surface area contributed by atoms with Crippen molar-refractivity contribution in [3.8, 4) is 5.75 Å². The van der Waals surface area contributed by atoms with Crippen LogP contribution in [-0.4, -0.2) is 36.5 Å². The van der Waals surface area contributed by atoms with Gasteiger partial charge in [0.25, 0.3) is 0 Å². The van der Waals surface area contributed by atoms with Crippen molar-refractivity contribution in [1.82, 2.24) is 4.90 Å². The first-order chi connectivity index (χ1) is 12.1. The monoisotopic (exact) mass is 342 g/mol. The van der Waals surface area contributed by atoms with E-state index in [4.69, 9.17) is 4.74 Å². The van der Waals surface area contributed by atoms with Gasteiger partial charge < -0.3 is 9.64 Å². The van der Waals surface area contributed by atoms with Gasteiger partial charge in [-0.2, -0.15) is 0 Å². The summed E-state index contributed by atoms with van der Waals surface area (Å²) in [7, 11) is 0. The molecule has 2 aromatic rings. The Labute approximate surface area is 147 Å². The van der Waals surface area contributed by atoms with E-state index in [2.05, 4.69) is 0 Å². The molecule has 25 heavy (non-hydrogen) atoms. The van der Waals surface area contributed by atoms with Crippen LogP contribution in [0.2, 0.25) is 0 Å². The van der Waals surface area contributed by atoms with Crippen LogP contribution in [0.1, 0.15) is 19.4 Å². The molecule has 1 amide bonds. The van der Waals surface area contributed by atoms with E-state index in [1.165, 1.54) is 6.07 Å². The van der Waals surface area contributed by atoms with Crippen molar-refractivity contribution in [3.63, 3.8) is 0 Å². The van der Waals surface area contributed by atoms with Crippen LogP contribution < -0.4 is 9.64 Å². The number of carbonyl (C=O) groups is 1. The van der Waals surface area contributed by atoms with Crippen molar-refractivity contribution in [3.05, 3.63) is 59.9 Å². The summed E-state index contributed by atoms with van der Waals surface area (Å²) < 4.78 is 19.4. The highest BCUT2D eigenvalue weighted by Crippen LogP contribution is 2.25. The highest BCUT2D eigenvalue weighted by molar-refractivity contribution is 5.97. The van der Waals surface area contributed by atoms with Crippen LogP contribution in [0.4, 0.5) is 10.1 Å². The van der Waals surface area contributed by atoms with Crippen molar-refractivity contribution in [1.29, 1.82) is 0 Å². The Morgan fingerprint density at radius 1 is 1.16 bits per heavy atom. The Morgan fingerprint density at radius 3 is 2.72 bits per heavy atom. The minimum absolute atomic E-state index is 0.0243. The van der Waals surface area contributed by atoms with Crippen molar-refractivity contribution >= 4 is 11.6 Å². The number of hydrogen-bond acceptors (Lipinski definition) is 3. The van der Waals surface area contributed by atoms with E-state index in [1.807, 2.05) is 49.1 Å². The van der Waals surface area contributed by atoms with Gasteiger partial charge >= 0.3 is 0 Å². The number of hydrogen-bond donors (Lipinski definition) is 0. The summed E-state index contributed by atoms with van der Waals surface area (Å²) in [6, 6.07) is 14.0. The third-order valence-corrected chi connectivity index (χ3v) is 4.55. The van der Waals surface area contributed by atoms with E-state index in [0.29, 0.717) is 31.8 Å². The van der Waals surface area contributed by atoms with Crippen LogP contribution >= 0.6 is 0 Å². The Bertz CT molecular complexity index is 750. The van der Waals surface area contributed by atoms with E-state index < -0.39 is 0 Å². The number of halogens is 1. The average molecular weight is 342 g/mol. The fraction of sp³-hybridized carbons (Fsp3) is 0.350. The molecule has 1 aliphatic rings. The van der Waals surface area contributed by atoms with E-state index in [9.17, 15) is 9.18 Å². The van der Waals surface area contributed by atoms with Gasteiger partial charge in [-0.15, -0.1) is 0 Å². The van der Waals surface area contributed by atoms with Gasteiger partial charge in [0.2, 0.25) is 5.91 Å². The van der Waals surface area contributed by atoms with Gasteiger partial charge in [0.1, 0.15) is 11.6 Å². The number of piperazine rings is 1. The van der Waals surface area contributed by atoms with Crippen molar-refractivity contribution in [2.75, 3.05) is 24.6 Å². The first kappa shape index (κ1) is 17.4. The highest BCUT2D eigenvalue weighted by atomic mass is 19.1. The zero-order chi connectivity index (χ0) is 17.8. The molecule has 1 saturated heterocycles. The Morgan fingerprint density at radius 2 is 1.96 bits per heavy atom. The molecule has 1 aliphatic heterocycles. The van der Waals surface area contributed by atoms with Gasteiger partial charge in [0, 0.05) is 37.0 Å². The third kappa shape index (κ3) is 3.82. The zero-order valence-electron chi connectivity index (χ0n) is 14.6. The largest absolute Gasteiger partial charge is 0.494 e. The Balaban J connectivity index is 1.73. The summed E-state index contributed by atoms with van der Waals surface area (Å²) in [5, 5.41) is 0. The highest BCUT2D eigenvalue weighted by Gasteiger charge is 2.32. The molecule has 0 aromatic heterocycles. The molecule has 0 spiro atoms.